The minimum absolute atomic E-state index is 0.203. The molecule has 43 heavy (non-hydrogen) atoms. The first-order valence-electron chi connectivity index (χ1n) is 13.3. The Morgan fingerprint density at radius 2 is 1.35 bits per heavy atom. The number of ether oxygens (including phenoxy) is 4. The second-order valence-corrected chi connectivity index (χ2v) is 10.1. The van der Waals surface area contributed by atoms with Gasteiger partial charge < -0.3 is 23.5 Å². The molecule has 0 unspecified atom stereocenters. The number of hydrogen-bond acceptors (Lipinski definition) is 9. The number of rotatable bonds is 7. The van der Waals surface area contributed by atoms with Gasteiger partial charge in [0.1, 0.15) is 17.1 Å². The molecule has 0 aliphatic carbocycles. The quantitative estimate of drug-likeness (QED) is 0.135. The molecule has 0 spiro atoms. The van der Waals surface area contributed by atoms with Gasteiger partial charge in [-0.3, -0.25) is 0 Å². The van der Waals surface area contributed by atoms with Crippen molar-refractivity contribution in [2.75, 3.05) is 0 Å². The number of carbonyl (C=O) groups is 3. The van der Waals surface area contributed by atoms with E-state index < -0.39 is 42.6 Å². The molecule has 4 atom stereocenters. The van der Waals surface area contributed by atoms with Crippen LogP contribution in [0.4, 0.5) is 0 Å². The summed E-state index contributed by atoms with van der Waals surface area (Å²) in [5, 5.41) is 0.716. The fraction of sp³-hybridized carbons (Fsp3) is 0.156. The molecular formula is C32H24ClN3O7. The van der Waals surface area contributed by atoms with Crippen LogP contribution in [0.2, 0.25) is 5.15 Å². The van der Waals surface area contributed by atoms with Crippen LogP contribution in [0.1, 0.15) is 42.9 Å². The van der Waals surface area contributed by atoms with Gasteiger partial charge in [-0.25, -0.2) is 24.4 Å². The van der Waals surface area contributed by atoms with Crippen molar-refractivity contribution in [3.05, 3.63) is 131 Å². The molecule has 10 nitrogen and oxygen atoms in total. The molecule has 1 saturated heterocycles. The first-order valence-corrected chi connectivity index (χ1v) is 13.7. The second-order valence-electron chi connectivity index (χ2n) is 9.71. The van der Waals surface area contributed by atoms with Crippen molar-refractivity contribution in [2.45, 2.75) is 31.6 Å². The average Bonchev–Trinajstić information content (AvgIpc) is 3.60. The van der Waals surface area contributed by atoms with Gasteiger partial charge in [-0.1, -0.05) is 66.2 Å². The highest BCUT2D eigenvalue weighted by Gasteiger charge is 2.53. The molecule has 2 aromatic heterocycles. The van der Waals surface area contributed by atoms with Gasteiger partial charge in [0.15, 0.2) is 12.3 Å². The van der Waals surface area contributed by atoms with Crippen LogP contribution in [0.25, 0.3) is 11.0 Å². The van der Waals surface area contributed by atoms with E-state index in [2.05, 4.69) is 9.97 Å². The van der Waals surface area contributed by atoms with Gasteiger partial charge in [-0.05, 0) is 48.9 Å². The van der Waals surface area contributed by atoms with Crippen LogP contribution >= 0.6 is 11.6 Å². The summed E-state index contributed by atoms with van der Waals surface area (Å²) in [4.78, 5) is 48.3. The van der Waals surface area contributed by atoms with Crippen LogP contribution in [-0.4, -0.2) is 50.9 Å². The van der Waals surface area contributed by atoms with Crippen molar-refractivity contribution in [3.8, 4) is 0 Å². The molecule has 0 saturated carbocycles. The largest absolute Gasteiger partial charge is 0.450 e. The zero-order valence-electron chi connectivity index (χ0n) is 22.7. The Balaban J connectivity index is 1.42. The number of halogens is 1. The monoisotopic (exact) mass is 597 g/mol. The molecule has 6 rings (SSSR count). The average molecular weight is 598 g/mol. The number of fused-ring (bicyclic) bond motifs is 1. The van der Waals surface area contributed by atoms with Gasteiger partial charge in [-0.15, -0.1) is 0 Å². The van der Waals surface area contributed by atoms with Crippen LogP contribution in [0.3, 0.4) is 0 Å². The predicted octanol–water partition coefficient (Wildman–Crippen LogP) is 5.56. The Kier molecular flexibility index (Phi) is 7.86. The Morgan fingerprint density at radius 3 is 2.00 bits per heavy atom. The number of nitrogens with zero attached hydrogens (tertiary/aromatic N) is 3. The first kappa shape index (κ1) is 28.1. The van der Waals surface area contributed by atoms with Crippen molar-refractivity contribution in [1.82, 2.24) is 14.5 Å². The molecule has 1 fully saturated rings. The van der Waals surface area contributed by atoms with Crippen LogP contribution in [0, 0.1) is 6.92 Å². The molecule has 0 bridgehead atoms. The van der Waals surface area contributed by atoms with Crippen molar-refractivity contribution in [3.63, 3.8) is 0 Å². The second kappa shape index (κ2) is 12.0. The zero-order valence-corrected chi connectivity index (χ0v) is 23.5. The van der Waals surface area contributed by atoms with Crippen molar-refractivity contribution < 1.29 is 33.3 Å². The molecule has 3 aromatic carbocycles. The van der Waals surface area contributed by atoms with E-state index in [1.165, 1.54) is 6.33 Å². The normalized spacial score (nSPS) is 19.6. The van der Waals surface area contributed by atoms with Gasteiger partial charge in [0.25, 0.3) is 0 Å². The highest BCUT2D eigenvalue weighted by molar-refractivity contribution is 6.33. The smallest absolute Gasteiger partial charge is 0.340 e. The van der Waals surface area contributed by atoms with E-state index in [0.717, 1.165) is 0 Å². The molecular weight excluding hydrogens is 574 g/mol. The summed E-state index contributed by atoms with van der Waals surface area (Å²) in [6, 6.07) is 25.2. The Labute approximate surface area is 250 Å². The van der Waals surface area contributed by atoms with E-state index in [-0.39, 0.29) is 16.3 Å². The molecule has 3 heterocycles. The SMILES string of the molecule is Cc1ccccc1C(=O)O[C@H]1O[C@@H](n2ccc3c(Cl)ncnc32)[C@H](OC(=O)c2ccccc2)[C@H]1OC(=O)c1ccccc1. The van der Waals surface area contributed by atoms with E-state index in [9.17, 15) is 14.4 Å². The summed E-state index contributed by atoms with van der Waals surface area (Å²) in [5.74, 6) is -2.13. The third-order valence-corrected chi connectivity index (χ3v) is 7.28. The summed E-state index contributed by atoms with van der Waals surface area (Å²) in [7, 11) is 0. The molecule has 0 amide bonds. The van der Waals surface area contributed by atoms with Gasteiger partial charge >= 0.3 is 17.9 Å². The van der Waals surface area contributed by atoms with E-state index in [4.69, 9.17) is 30.5 Å². The summed E-state index contributed by atoms with van der Waals surface area (Å²) in [5.41, 5.74) is 1.84. The van der Waals surface area contributed by atoms with Crippen molar-refractivity contribution in [1.29, 1.82) is 0 Å². The first-order chi connectivity index (χ1) is 20.9. The van der Waals surface area contributed by atoms with Crippen molar-refractivity contribution in [2.24, 2.45) is 0 Å². The molecule has 0 radical (unpaired) electrons. The summed E-state index contributed by atoms with van der Waals surface area (Å²) in [6.07, 6.45) is -2.34. The summed E-state index contributed by atoms with van der Waals surface area (Å²) in [6.45, 7) is 1.77. The zero-order chi connectivity index (χ0) is 29.9. The Morgan fingerprint density at radius 1 is 0.744 bits per heavy atom. The summed E-state index contributed by atoms with van der Waals surface area (Å²) < 4.78 is 25.5. The minimum atomic E-state index is -1.46. The lowest BCUT2D eigenvalue weighted by atomic mass is 10.1. The Bertz CT molecular complexity index is 1800. The van der Waals surface area contributed by atoms with Gasteiger partial charge in [0, 0.05) is 6.20 Å². The Hall–Kier alpha value is -5.06. The van der Waals surface area contributed by atoms with Crippen LogP contribution in [-0.2, 0) is 18.9 Å². The highest BCUT2D eigenvalue weighted by atomic mass is 35.5. The third kappa shape index (κ3) is 5.70. The maximum Gasteiger partial charge on any atom is 0.340 e. The van der Waals surface area contributed by atoms with Gasteiger partial charge in [-0.2, -0.15) is 0 Å². The van der Waals surface area contributed by atoms with E-state index in [0.29, 0.717) is 22.2 Å². The van der Waals surface area contributed by atoms with Crippen LogP contribution in [0.5, 0.6) is 0 Å². The number of carbonyl (C=O) groups excluding carboxylic acids is 3. The topological polar surface area (TPSA) is 119 Å². The lowest BCUT2D eigenvalue weighted by Gasteiger charge is -2.24. The van der Waals surface area contributed by atoms with Gasteiger partial charge in [0.2, 0.25) is 12.4 Å². The van der Waals surface area contributed by atoms with Crippen LogP contribution < -0.4 is 0 Å². The van der Waals surface area contributed by atoms with E-state index >= 15 is 0 Å². The number of esters is 3. The molecule has 1 aliphatic heterocycles. The molecule has 216 valence electrons. The predicted molar refractivity (Wildman–Crippen MR) is 154 cm³/mol. The van der Waals surface area contributed by atoms with Crippen molar-refractivity contribution >= 4 is 40.5 Å². The van der Waals surface area contributed by atoms with E-state index in [1.807, 2.05) is 0 Å². The fourth-order valence-electron chi connectivity index (χ4n) is 4.82. The summed E-state index contributed by atoms with van der Waals surface area (Å²) >= 11 is 6.29. The maximum atomic E-state index is 13.3. The molecule has 5 aromatic rings. The number of benzene rings is 3. The molecule has 1 aliphatic rings. The fourth-order valence-corrected chi connectivity index (χ4v) is 5.02. The highest BCUT2D eigenvalue weighted by Crippen LogP contribution is 2.38. The standard InChI is InChI=1S/C32H24ClN3O7/c1-19-10-8-9-15-22(19)31(39)43-32-25(41-30(38)21-13-6-3-7-14-21)24(40-29(37)20-11-4-2-5-12-20)28(42-32)36-17-16-23-26(33)34-18-35-27(23)36/h2-18,24-25,28,32H,1H3/t24-,25-,28-,32-/m1/s1. The van der Waals surface area contributed by atoms with Crippen LogP contribution in [0.15, 0.2) is 104 Å². The maximum absolute atomic E-state index is 13.3. The number of aromatic nitrogens is 3. The third-order valence-electron chi connectivity index (χ3n) is 6.97. The van der Waals surface area contributed by atoms with E-state index in [1.54, 1.807) is 109 Å². The minimum Gasteiger partial charge on any atom is -0.450 e. The lowest BCUT2D eigenvalue weighted by Crippen LogP contribution is -2.41. The molecule has 11 heteroatoms. The lowest BCUT2D eigenvalue weighted by molar-refractivity contribution is -0.147. The number of hydrogen-bond donors (Lipinski definition) is 0. The number of aryl methyl sites for hydroxylation is 1. The molecule has 0 N–H and O–H groups in total. The van der Waals surface area contributed by atoms with Gasteiger partial charge in [0.05, 0.1) is 22.1 Å².